The summed E-state index contributed by atoms with van der Waals surface area (Å²) in [5.41, 5.74) is 8.10. The molecule has 1 aliphatic rings. The van der Waals surface area contributed by atoms with Gasteiger partial charge in [0.1, 0.15) is 5.52 Å². The Kier molecular flexibility index (Phi) is 2.94. The van der Waals surface area contributed by atoms with Crippen molar-refractivity contribution in [3.05, 3.63) is 18.2 Å². The van der Waals surface area contributed by atoms with Gasteiger partial charge in [-0.3, -0.25) is 0 Å². The molecule has 2 aromatic rings. The van der Waals surface area contributed by atoms with E-state index >= 15 is 0 Å². The second kappa shape index (κ2) is 4.58. The van der Waals surface area contributed by atoms with Gasteiger partial charge in [-0.25, -0.2) is 0 Å². The number of hydrogen-bond acceptors (Lipinski definition) is 5. The molecule has 0 bridgehead atoms. The zero-order valence-corrected chi connectivity index (χ0v) is 10.5. The molecular formula is C12H16N4S. The first kappa shape index (κ1) is 10.9. The monoisotopic (exact) mass is 248 g/mol. The van der Waals surface area contributed by atoms with Gasteiger partial charge in [0.2, 0.25) is 0 Å². The van der Waals surface area contributed by atoms with Crippen LogP contribution >= 0.6 is 11.5 Å². The van der Waals surface area contributed by atoms with E-state index in [4.69, 9.17) is 5.73 Å². The minimum atomic E-state index is 0.455. The fourth-order valence-corrected chi connectivity index (χ4v) is 3.17. The summed E-state index contributed by atoms with van der Waals surface area (Å²) in [4.78, 5) is 2.41. The minimum Gasteiger partial charge on any atom is -0.365 e. The van der Waals surface area contributed by atoms with Crippen molar-refractivity contribution in [3.8, 4) is 0 Å². The van der Waals surface area contributed by atoms with Crippen molar-refractivity contribution in [2.24, 2.45) is 5.73 Å². The maximum Gasteiger partial charge on any atom is 0.129 e. The molecule has 90 valence electrons. The summed E-state index contributed by atoms with van der Waals surface area (Å²) in [5, 5.41) is 4.25. The topological polar surface area (TPSA) is 55.0 Å². The Morgan fingerprint density at radius 2 is 2.35 bits per heavy atom. The predicted molar refractivity (Wildman–Crippen MR) is 71.5 cm³/mol. The fourth-order valence-electron chi connectivity index (χ4n) is 2.58. The van der Waals surface area contributed by atoms with E-state index in [1.165, 1.54) is 36.5 Å². The molecule has 0 saturated carbocycles. The van der Waals surface area contributed by atoms with Crippen LogP contribution in [0.25, 0.3) is 10.2 Å². The smallest absolute Gasteiger partial charge is 0.129 e. The minimum absolute atomic E-state index is 0.455. The van der Waals surface area contributed by atoms with Gasteiger partial charge >= 0.3 is 0 Å². The molecular weight excluding hydrogens is 232 g/mol. The number of nitrogens with zero attached hydrogens (tertiary/aromatic N) is 3. The third-order valence-corrected chi connectivity index (χ3v) is 4.16. The predicted octanol–water partition coefficient (Wildman–Crippen LogP) is 2.01. The normalized spacial score (nSPS) is 21.0. The number of piperidine rings is 1. The second-order valence-electron chi connectivity index (χ2n) is 4.48. The van der Waals surface area contributed by atoms with Gasteiger partial charge in [-0.2, -0.15) is 0 Å². The van der Waals surface area contributed by atoms with Crippen LogP contribution < -0.4 is 10.6 Å². The number of fused-ring (bicyclic) bond motifs is 1. The first-order chi connectivity index (χ1) is 8.40. The highest BCUT2D eigenvalue weighted by Gasteiger charge is 2.23. The summed E-state index contributed by atoms with van der Waals surface area (Å²) >= 11 is 1.46. The van der Waals surface area contributed by atoms with Crippen molar-refractivity contribution >= 4 is 27.4 Å². The average molecular weight is 248 g/mol. The molecule has 3 rings (SSSR count). The zero-order valence-electron chi connectivity index (χ0n) is 9.67. The van der Waals surface area contributed by atoms with Crippen LogP contribution in [0.15, 0.2) is 18.2 Å². The Morgan fingerprint density at radius 1 is 1.41 bits per heavy atom. The third-order valence-electron chi connectivity index (χ3n) is 3.47. The molecule has 1 aliphatic heterocycles. The Hall–Kier alpha value is -1.20. The molecule has 0 aliphatic carbocycles. The van der Waals surface area contributed by atoms with Crippen LogP contribution in [-0.4, -0.2) is 28.7 Å². The number of aromatic nitrogens is 2. The first-order valence-electron chi connectivity index (χ1n) is 6.08. The number of benzene rings is 1. The third kappa shape index (κ3) is 1.89. The standard InChI is InChI=1S/C12H16N4S/c13-8-9-4-1-2-7-16(9)10-5-3-6-11-12(10)14-15-17-11/h3,5-6,9H,1-2,4,7-8,13H2. The van der Waals surface area contributed by atoms with Gasteiger partial charge < -0.3 is 10.6 Å². The van der Waals surface area contributed by atoms with Crippen molar-refractivity contribution in [3.63, 3.8) is 0 Å². The zero-order chi connectivity index (χ0) is 11.7. The Balaban J connectivity index is 2.04. The van der Waals surface area contributed by atoms with Crippen molar-refractivity contribution in [1.29, 1.82) is 0 Å². The van der Waals surface area contributed by atoms with E-state index in [0.29, 0.717) is 12.6 Å². The van der Waals surface area contributed by atoms with Crippen molar-refractivity contribution in [2.75, 3.05) is 18.0 Å². The summed E-state index contributed by atoms with van der Waals surface area (Å²) in [6, 6.07) is 6.75. The van der Waals surface area contributed by atoms with E-state index in [1.54, 1.807) is 0 Å². The van der Waals surface area contributed by atoms with Crippen LogP contribution in [-0.2, 0) is 0 Å². The van der Waals surface area contributed by atoms with Crippen LogP contribution in [0.5, 0.6) is 0 Å². The van der Waals surface area contributed by atoms with Crippen LogP contribution in [0.2, 0.25) is 0 Å². The number of hydrogen-bond donors (Lipinski definition) is 1. The maximum absolute atomic E-state index is 5.88. The molecule has 2 heterocycles. The average Bonchev–Trinajstić information content (AvgIpc) is 2.86. The molecule has 4 nitrogen and oxygen atoms in total. The number of nitrogens with two attached hydrogens (primary N) is 1. The Bertz CT molecular complexity index is 510. The van der Waals surface area contributed by atoms with Crippen LogP contribution in [0.1, 0.15) is 19.3 Å². The Labute approximate surface area is 105 Å². The lowest BCUT2D eigenvalue weighted by Crippen LogP contribution is -2.44. The lowest BCUT2D eigenvalue weighted by Gasteiger charge is -2.36. The molecule has 0 amide bonds. The largest absolute Gasteiger partial charge is 0.365 e. The van der Waals surface area contributed by atoms with Gasteiger partial charge in [0, 0.05) is 19.1 Å². The van der Waals surface area contributed by atoms with E-state index in [9.17, 15) is 0 Å². The quantitative estimate of drug-likeness (QED) is 0.883. The SMILES string of the molecule is NCC1CCCCN1c1cccc2snnc12. The van der Waals surface area contributed by atoms with Gasteiger partial charge in [0.05, 0.1) is 10.4 Å². The first-order valence-corrected chi connectivity index (χ1v) is 6.85. The molecule has 1 saturated heterocycles. The molecule has 1 unspecified atom stereocenters. The highest BCUT2D eigenvalue weighted by molar-refractivity contribution is 7.13. The molecule has 17 heavy (non-hydrogen) atoms. The summed E-state index contributed by atoms with van der Waals surface area (Å²) in [5.74, 6) is 0. The summed E-state index contributed by atoms with van der Waals surface area (Å²) in [6.07, 6.45) is 3.71. The number of rotatable bonds is 2. The molecule has 1 aromatic heterocycles. The second-order valence-corrected chi connectivity index (χ2v) is 5.26. The van der Waals surface area contributed by atoms with Gasteiger partial charge in [-0.05, 0) is 42.9 Å². The molecule has 1 atom stereocenters. The van der Waals surface area contributed by atoms with E-state index in [0.717, 1.165) is 16.8 Å². The number of anilines is 1. The lowest BCUT2D eigenvalue weighted by molar-refractivity contribution is 0.466. The lowest BCUT2D eigenvalue weighted by atomic mass is 10.0. The highest BCUT2D eigenvalue weighted by atomic mass is 32.1. The van der Waals surface area contributed by atoms with Gasteiger partial charge in [0.25, 0.3) is 0 Å². The van der Waals surface area contributed by atoms with Crippen LogP contribution in [0.3, 0.4) is 0 Å². The molecule has 0 spiro atoms. The molecule has 1 aromatic carbocycles. The van der Waals surface area contributed by atoms with Gasteiger partial charge in [-0.15, -0.1) is 5.10 Å². The summed E-state index contributed by atoms with van der Waals surface area (Å²) in [7, 11) is 0. The van der Waals surface area contributed by atoms with E-state index in [2.05, 4.69) is 32.7 Å². The maximum atomic E-state index is 5.88. The summed E-state index contributed by atoms with van der Waals surface area (Å²) < 4.78 is 5.20. The molecule has 5 heteroatoms. The van der Waals surface area contributed by atoms with E-state index < -0.39 is 0 Å². The Morgan fingerprint density at radius 3 is 3.24 bits per heavy atom. The fraction of sp³-hybridized carbons (Fsp3) is 0.500. The van der Waals surface area contributed by atoms with Crippen molar-refractivity contribution in [2.45, 2.75) is 25.3 Å². The molecule has 2 N–H and O–H groups in total. The molecule has 1 fully saturated rings. The van der Waals surface area contributed by atoms with Crippen LogP contribution in [0.4, 0.5) is 5.69 Å². The van der Waals surface area contributed by atoms with Crippen molar-refractivity contribution in [1.82, 2.24) is 9.59 Å². The van der Waals surface area contributed by atoms with Crippen molar-refractivity contribution < 1.29 is 0 Å². The summed E-state index contributed by atoms with van der Waals surface area (Å²) in [6.45, 7) is 1.80. The molecule has 0 radical (unpaired) electrons. The highest BCUT2D eigenvalue weighted by Crippen LogP contribution is 2.31. The van der Waals surface area contributed by atoms with Crippen LogP contribution in [0, 0.1) is 0 Å². The van der Waals surface area contributed by atoms with Gasteiger partial charge in [0.15, 0.2) is 0 Å². The van der Waals surface area contributed by atoms with E-state index in [1.807, 2.05) is 0 Å². The van der Waals surface area contributed by atoms with Gasteiger partial charge in [-0.1, -0.05) is 10.6 Å². The van der Waals surface area contributed by atoms with E-state index in [-0.39, 0.29) is 0 Å².